The summed E-state index contributed by atoms with van der Waals surface area (Å²) < 4.78 is 23.6. The summed E-state index contributed by atoms with van der Waals surface area (Å²) in [6, 6.07) is 5.75. The van der Waals surface area contributed by atoms with Gasteiger partial charge in [-0.1, -0.05) is 33.8 Å². The van der Waals surface area contributed by atoms with E-state index in [9.17, 15) is 9.59 Å². The van der Waals surface area contributed by atoms with Gasteiger partial charge in [0.25, 0.3) is 5.91 Å². The molecule has 42 heavy (non-hydrogen) atoms. The van der Waals surface area contributed by atoms with Crippen molar-refractivity contribution in [3.05, 3.63) is 29.3 Å². The standard InChI is InChI=1S/C33H57N2O6Si/c1-13-24-15-16-25(19-28(24)39-18-14-17-38-10)30(36)35(23(2)3)21-26-20-34(31(37)40-33(7,8)9)22-27(26)29(32(4,5)6)41-42(11)12/h15-16,19,23,26-27,29H,13-14,17-18,20-22H2,1-12H3/t26-,27+,29?/m0/s1. The number of carbonyl (C=O) groups is 2. The van der Waals surface area contributed by atoms with Crippen LogP contribution in [-0.4, -0.2) is 88.5 Å². The summed E-state index contributed by atoms with van der Waals surface area (Å²) >= 11 is 0. The van der Waals surface area contributed by atoms with Crippen molar-refractivity contribution in [2.45, 2.75) is 106 Å². The average molecular weight is 606 g/mol. The average Bonchev–Trinajstić information content (AvgIpc) is 3.29. The molecular weight excluding hydrogens is 548 g/mol. The van der Waals surface area contributed by atoms with Crippen LogP contribution in [0.25, 0.3) is 0 Å². The highest BCUT2D eigenvalue weighted by Gasteiger charge is 2.46. The van der Waals surface area contributed by atoms with E-state index >= 15 is 0 Å². The molecule has 9 heteroatoms. The molecule has 8 nitrogen and oxygen atoms in total. The van der Waals surface area contributed by atoms with Gasteiger partial charge in [-0.3, -0.25) is 4.79 Å². The maximum Gasteiger partial charge on any atom is 0.410 e. The normalized spacial score (nSPS) is 18.5. The Morgan fingerprint density at radius 3 is 2.26 bits per heavy atom. The molecular formula is C33H57N2O6Si. The van der Waals surface area contributed by atoms with Crippen molar-refractivity contribution < 1.29 is 28.2 Å². The van der Waals surface area contributed by atoms with Gasteiger partial charge in [-0.05, 0) is 77.2 Å². The van der Waals surface area contributed by atoms with Crippen LogP contribution in [0, 0.1) is 17.3 Å². The van der Waals surface area contributed by atoms with Crippen LogP contribution in [0.1, 0.15) is 84.7 Å². The van der Waals surface area contributed by atoms with Crippen LogP contribution in [0.2, 0.25) is 13.1 Å². The molecule has 239 valence electrons. The summed E-state index contributed by atoms with van der Waals surface area (Å²) in [6.45, 7) is 25.5. The van der Waals surface area contributed by atoms with Gasteiger partial charge in [0.1, 0.15) is 11.4 Å². The van der Waals surface area contributed by atoms with Gasteiger partial charge in [-0.2, -0.15) is 0 Å². The fraction of sp³-hybridized carbons (Fsp3) is 0.758. The molecule has 1 aromatic rings. The van der Waals surface area contributed by atoms with E-state index in [0.717, 1.165) is 24.2 Å². The first-order valence-corrected chi connectivity index (χ1v) is 17.9. The van der Waals surface area contributed by atoms with Gasteiger partial charge in [0, 0.05) is 63.2 Å². The Bertz CT molecular complexity index is 1020. The van der Waals surface area contributed by atoms with Crippen molar-refractivity contribution >= 4 is 21.0 Å². The third kappa shape index (κ3) is 10.6. The Morgan fingerprint density at radius 2 is 1.74 bits per heavy atom. The Morgan fingerprint density at radius 1 is 1.07 bits per heavy atom. The second-order valence-corrected chi connectivity index (χ2v) is 16.1. The molecule has 1 fully saturated rings. The Hall–Kier alpha value is -2.10. The number of hydrogen-bond acceptors (Lipinski definition) is 6. The molecule has 1 aliphatic rings. The van der Waals surface area contributed by atoms with Crippen LogP contribution in [-0.2, 0) is 20.3 Å². The van der Waals surface area contributed by atoms with Gasteiger partial charge in [0.05, 0.1) is 12.7 Å². The lowest BCUT2D eigenvalue weighted by molar-refractivity contribution is 0.00989. The first kappa shape index (κ1) is 36.1. The number of nitrogens with zero attached hydrogens (tertiary/aromatic N) is 2. The summed E-state index contributed by atoms with van der Waals surface area (Å²) in [7, 11) is 0.676. The lowest BCUT2D eigenvalue weighted by Gasteiger charge is -2.40. The minimum absolute atomic E-state index is 0.0309. The molecule has 1 radical (unpaired) electrons. The minimum atomic E-state index is -1.00. The highest BCUT2D eigenvalue weighted by atomic mass is 28.3. The summed E-state index contributed by atoms with van der Waals surface area (Å²) in [4.78, 5) is 31.0. The third-order valence-corrected chi connectivity index (χ3v) is 8.23. The van der Waals surface area contributed by atoms with Crippen molar-refractivity contribution in [2.24, 2.45) is 17.3 Å². The van der Waals surface area contributed by atoms with Gasteiger partial charge in [0.2, 0.25) is 9.04 Å². The second kappa shape index (κ2) is 15.6. The van der Waals surface area contributed by atoms with Crippen LogP contribution in [0.15, 0.2) is 18.2 Å². The zero-order chi connectivity index (χ0) is 31.8. The Labute approximate surface area is 257 Å². The maximum absolute atomic E-state index is 14.1. The van der Waals surface area contributed by atoms with E-state index in [0.29, 0.717) is 38.4 Å². The molecule has 2 rings (SSSR count). The van der Waals surface area contributed by atoms with Gasteiger partial charge in [0.15, 0.2) is 0 Å². The van der Waals surface area contributed by atoms with E-state index in [1.165, 1.54) is 0 Å². The molecule has 0 bridgehead atoms. The molecule has 3 atom stereocenters. The smallest absolute Gasteiger partial charge is 0.410 e. The number of methoxy groups -OCH3 is 1. The molecule has 1 aromatic carbocycles. The first-order chi connectivity index (χ1) is 19.5. The highest BCUT2D eigenvalue weighted by molar-refractivity contribution is 6.48. The second-order valence-electron chi connectivity index (χ2n) is 14.0. The lowest BCUT2D eigenvalue weighted by Crippen LogP contribution is -2.47. The SMILES string of the molecule is CCc1ccc(C(=O)N(C[C@@H]2CN(C(=O)OC(C)(C)C)C[C@H]2C(O[Si](C)C)C(C)(C)C)C(C)C)cc1OCCCOC. The van der Waals surface area contributed by atoms with E-state index < -0.39 is 14.6 Å². The van der Waals surface area contributed by atoms with E-state index in [1.54, 1.807) is 7.11 Å². The summed E-state index contributed by atoms with van der Waals surface area (Å²) in [5.74, 6) is 0.815. The number of amides is 2. The number of aryl methyl sites for hydroxylation is 1. The van der Waals surface area contributed by atoms with Crippen molar-refractivity contribution in [1.29, 1.82) is 0 Å². The molecule has 0 saturated carbocycles. The van der Waals surface area contributed by atoms with Gasteiger partial charge < -0.3 is 28.4 Å². The van der Waals surface area contributed by atoms with Gasteiger partial charge in [-0.15, -0.1) is 0 Å². The quantitative estimate of drug-likeness (QED) is 0.184. The molecule has 2 amide bonds. The highest BCUT2D eigenvalue weighted by Crippen LogP contribution is 2.38. The maximum atomic E-state index is 14.1. The number of carbonyl (C=O) groups excluding carboxylic acids is 2. The predicted octanol–water partition coefficient (Wildman–Crippen LogP) is 6.68. The minimum Gasteiger partial charge on any atom is -0.493 e. The van der Waals surface area contributed by atoms with Gasteiger partial charge >= 0.3 is 6.09 Å². The molecule has 0 spiro atoms. The van der Waals surface area contributed by atoms with Crippen LogP contribution in [0.3, 0.4) is 0 Å². The third-order valence-electron chi connectivity index (χ3n) is 7.51. The molecule has 1 aliphatic heterocycles. The van der Waals surface area contributed by atoms with Crippen molar-refractivity contribution in [3.8, 4) is 5.75 Å². The van der Waals surface area contributed by atoms with Crippen LogP contribution >= 0.6 is 0 Å². The fourth-order valence-corrected chi connectivity index (χ4v) is 6.55. The summed E-state index contributed by atoms with van der Waals surface area (Å²) in [6.07, 6.45) is 1.23. The first-order valence-electron chi connectivity index (χ1n) is 15.5. The van der Waals surface area contributed by atoms with Crippen molar-refractivity contribution in [2.75, 3.05) is 40.0 Å². The Kier molecular flexibility index (Phi) is 13.4. The van der Waals surface area contributed by atoms with Crippen LogP contribution in [0.4, 0.5) is 4.79 Å². The Balaban J connectivity index is 2.40. The molecule has 0 aromatic heterocycles. The van der Waals surface area contributed by atoms with E-state index in [1.807, 2.05) is 62.6 Å². The molecule has 1 saturated heterocycles. The zero-order valence-electron chi connectivity index (χ0n) is 28.3. The number of benzene rings is 1. The molecule has 0 N–H and O–H groups in total. The number of hydrogen-bond donors (Lipinski definition) is 0. The van der Waals surface area contributed by atoms with Crippen molar-refractivity contribution in [3.63, 3.8) is 0 Å². The van der Waals surface area contributed by atoms with Crippen molar-refractivity contribution in [1.82, 2.24) is 9.80 Å². The largest absolute Gasteiger partial charge is 0.493 e. The molecule has 1 unspecified atom stereocenters. The zero-order valence-corrected chi connectivity index (χ0v) is 29.3. The van der Waals surface area contributed by atoms with Crippen LogP contribution in [0.5, 0.6) is 5.75 Å². The summed E-state index contributed by atoms with van der Waals surface area (Å²) in [5, 5.41) is 0. The number of rotatable bonds is 13. The predicted molar refractivity (Wildman–Crippen MR) is 171 cm³/mol. The van der Waals surface area contributed by atoms with E-state index in [-0.39, 0.29) is 41.4 Å². The number of ether oxygens (including phenoxy) is 3. The number of likely N-dealkylation sites (tertiary alicyclic amines) is 1. The lowest BCUT2D eigenvalue weighted by atomic mass is 9.77. The summed E-state index contributed by atoms with van der Waals surface area (Å²) in [5.41, 5.74) is 0.969. The molecule has 0 aliphatic carbocycles. The monoisotopic (exact) mass is 605 g/mol. The molecule has 1 heterocycles. The van der Waals surface area contributed by atoms with Crippen LogP contribution < -0.4 is 4.74 Å². The topological polar surface area (TPSA) is 77.5 Å². The fourth-order valence-electron chi connectivity index (χ4n) is 5.51. The van der Waals surface area contributed by atoms with E-state index in [4.69, 9.17) is 18.6 Å². The van der Waals surface area contributed by atoms with E-state index in [2.05, 4.69) is 40.8 Å². The van der Waals surface area contributed by atoms with Gasteiger partial charge in [-0.25, -0.2) is 4.79 Å².